The van der Waals surface area contributed by atoms with E-state index in [2.05, 4.69) is 31.0 Å². The van der Waals surface area contributed by atoms with Crippen LogP contribution in [0.5, 0.6) is 0 Å². The van der Waals surface area contributed by atoms with Crippen molar-refractivity contribution in [3.05, 3.63) is 29.6 Å². The Kier molecular flexibility index (Phi) is 2.34. The number of aromatic nitrogens is 1. The molecule has 0 N–H and O–H groups in total. The van der Waals surface area contributed by atoms with Crippen molar-refractivity contribution in [1.82, 2.24) is 4.98 Å². The van der Waals surface area contributed by atoms with Crippen molar-refractivity contribution in [2.75, 3.05) is 0 Å². The van der Waals surface area contributed by atoms with Gasteiger partial charge in [0, 0.05) is 11.9 Å². The van der Waals surface area contributed by atoms with Gasteiger partial charge in [-0.2, -0.15) is 0 Å². The lowest BCUT2D eigenvalue weighted by molar-refractivity contribution is 0.605. The Bertz CT molecular complexity index is 272. The first-order chi connectivity index (χ1) is 6.25. The minimum atomic E-state index is 0.646. The van der Waals surface area contributed by atoms with Gasteiger partial charge in [0.2, 0.25) is 0 Å². The smallest absolute Gasteiger partial charge is 0.0432 e. The first kappa shape index (κ1) is 8.74. The molecule has 1 aromatic heterocycles. The van der Waals surface area contributed by atoms with Crippen LogP contribution in [0, 0.1) is 12.8 Å². The van der Waals surface area contributed by atoms with Gasteiger partial charge in [0.1, 0.15) is 0 Å². The molecular weight excluding hydrogens is 158 g/mol. The molecule has 1 aliphatic carbocycles. The van der Waals surface area contributed by atoms with E-state index in [4.69, 9.17) is 0 Å². The maximum Gasteiger partial charge on any atom is 0.0432 e. The molecule has 0 amide bonds. The predicted molar refractivity (Wildman–Crippen MR) is 54.7 cm³/mol. The second kappa shape index (κ2) is 3.49. The number of hydrogen-bond donors (Lipinski definition) is 0. The third kappa shape index (κ3) is 2.30. The summed E-state index contributed by atoms with van der Waals surface area (Å²) in [7, 11) is 0. The average molecular weight is 175 g/mol. The Morgan fingerprint density at radius 3 is 2.77 bits per heavy atom. The summed E-state index contributed by atoms with van der Waals surface area (Å²) in [5.74, 6) is 1.64. The quantitative estimate of drug-likeness (QED) is 0.687. The molecule has 13 heavy (non-hydrogen) atoms. The molecule has 0 spiro atoms. The van der Waals surface area contributed by atoms with Crippen molar-refractivity contribution in [2.24, 2.45) is 5.92 Å². The summed E-state index contributed by atoms with van der Waals surface area (Å²) < 4.78 is 0. The number of pyridine rings is 1. The lowest BCUT2D eigenvalue weighted by Gasteiger charge is -2.09. The summed E-state index contributed by atoms with van der Waals surface area (Å²) in [6.45, 7) is 4.37. The van der Waals surface area contributed by atoms with Gasteiger partial charge in [-0.1, -0.05) is 25.8 Å². The predicted octanol–water partition coefficient (Wildman–Crippen LogP) is 3.29. The maximum absolute atomic E-state index is 4.46. The van der Waals surface area contributed by atoms with Gasteiger partial charge in [0.05, 0.1) is 0 Å². The lowest BCUT2D eigenvalue weighted by Crippen LogP contribution is -1.97. The van der Waals surface area contributed by atoms with E-state index in [1.807, 2.05) is 6.20 Å². The van der Waals surface area contributed by atoms with E-state index in [0.29, 0.717) is 5.92 Å². The fraction of sp³-hybridized carbons (Fsp3) is 0.583. The molecule has 1 heteroatoms. The first-order valence-electron chi connectivity index (χ1n) is 5.18. The Morgan fingerprint density at radius 1 is 1.46 bits per heavy atom. The van der Waals surface area contributed by atoms with Crippen molar-refractivity contribution < 1.29 is 0 Å². The fourth-order valence-corrected chi connectivity index (χ4v) is 1.75. The molecule has 1 unspecified atom stereocenters. The van der Waals surface area contributed by atoms with E-state index in [1.54, 1.807) is 0 Å². The van der Waals surface area contributed by atoms with Crippen molar-refractivity contribution in [3.8, 4) is 0 Å². The SMILES string of the molecule is Cc1ccc(C(C)CC2CC2)nc1. The van der Waals surface area contributed by atoms with Gasteiger partial charge in [0.15, 0.2) is 0 Å². The lowest BCUT2D eigenvalue weighted by atomic mass is 10.00. The molecule has 1 nitrogen and oxygen atoms in total. The van der Waals surface area contributed by atoms with Gasteiger partial charge >= 0.3 is 0 Å². The molecule has 0 aliphatic heterocycles. The zero-order valence-electron chi connectivity index (χ0n) is 8.46. The molecule has 1 aromatic rings. The van der Waals surface area contributed by atoms with E-state index in [1.165, 1.54) is 30.5 Å². The van der Waals surface area contributed by atoms with Crippen LogP contribution in [0.3, 0.4) is 0 Å². The largest absolute Gasteiger partial charge is 0.261 e. The van der Waals surface area contributed by atoms with Gasteiger partial charge in [-0.3, -0.25) is 4.98 Å². The minimum Gasteiger partial charge on any atom is -0.261 e. The van der Waals surface area contributed by atoms with E-state index in [0.717, 1.165) is 5.92 Å². The zero-order valence-corrected chi connectivity index (χ0v) is 8.46. The molecule has 1 atom stereocenters. The molecule has 1 saturated carbocycles. The minimum absolute atomic E-state index is 0.646. The van der Waals surface area contributed by atoms with E-state index in [9.17, 15) is 0 Å². The maximum atomic E-state index is 4.46. The molecule has 0 aromatic carbocycles. The zero-order chi connectivity index (χ0) is 9.26. The van der Waals surface area contributed by atoms with E-state index >= 15 is 0 Å². The van der Waals surface area contributed by atoms with Gasteiger partial charge < -0.3 is 0 Å². The third-order valence-electron chi connectivity index (χ3n) is 2.82. The molecule has 1 aliphatic rings. The van der Waals surface area contributed by atoms with Gasteiger partial charge in [-0.15, -0.1) is 0 Å². The number of nitrogens with zero attached hydrogens (tertiary/aromatic N) is 1. The topological polar surface area (TPSA) is 12.9 Å². The molecule has 1 fully saturated rings. The second-order valence-corrected chi connectivity index (χ2v) is 4.34. The first-order valence-corrected chi connectivity index (χ1v) is 5.18. The highest BCUT2D eigenvalue weighted by molar-refractivity contribution is 5.15. The van der Waals surface area contributed by atoms with Crippen LogP contribution in [-0.2, 0) is 0 Å². The van der Waals surface area contributed by atoms with Gasteiger partial charge in [-0.25, -0.2) is 0 Å². The summed E-state index contributed by atoms with van der Waals surface area (Å²) >= 11 is 0. The number of hydrogen-bond acceptors (Lipinski definition) is 1. The Morgan fingerprint density at radius 2 is 2.23 bits per heavy atom. The van der Waals surface area contributed by atoms with E-state index in [-0.39, 0.29) is 0 Å². The standard InChI is InChI=1S/C12H17N/c1-9-3-6-12(13-8-9)10(2)7-11-4-5-11/h3,6,8,10-11H,4-5,7H2,1-2H3. The Balaban J connectivity index is 2.01. The summed E-state index contributed by atoms with van der Waals surface area (Å²) in [4.78, 5) is 4.46. The van der Waals surface area contributed by atoms with Gasteiger partial charge in [-0.05, 0) is 36.8 Å². The summed E-state index contributed by atoms with van der Waals surface area (Å²) in [5.41, 5.74) is 2.51. The van der Waals surface area contributed by atoms with Crippen LogP contribution in [-0.4, -0.2) is 4.98 Å². The highest BCUT2D eigenvalue weighted by Gasteiger charge is 2.24. The van der Waals surface area contributed by atoms with Crippen LogP contribution in [0.4, 0.5) is 0 Å². The fourth-order valence-electron chi connectivity index (χ4n) is 1.75. The average Bonchev–Trinajstić information content (AvgIpc) is 2.89. The third-order valence-corrected chi connectivity index (χ3v) is 2.82. The summed E-state index contributed by atoms with van der Waals surface area (Å²) in [5, 5.41) is 0. The monoisotopic (exact) mass is 175 g/mol. The summed E-state index contributed by atoms with van der Waals surface area (Å²) in [6, 6.07) is 4.33. The van der Waals surface area contributed by atoms with Gasteiger partial charge in [0.25, 0.3) is 0 Å². The van der Waals surface area contributed by atoms with Crippen LogP contribution in [0.15, 0.2) is 18.3 Å². The van der Waals surface area contributed by atoms with Crippen LogP contribution >= 0.6 is 0 Å². The molecule has 2 rings (SSSR count). The van der Waals surface area contributed by atoms with Crippen molar-refractivity contribution in [2.45, 2.75) is 39.0 Å². The normalized spacial score (nSPS) is 18.6. The molecule has 0 saturated heterocycles. The molecule has 70 valence electrons. The number of rotatable bonds is 3. The van der Waals surface area contributed by atoms with Crippen LogP contribution in [0.1, 0.15) is 43.4 Å². The Hall–Kier alpha value is -0.850. The van der Waals surface area contributed by atoms with Crippen LogP contribution < -0.4 is 0 Å². The van der Waals surface area contributed by atoms with Crippen molar-refractivity contribution >= 4 is 0 Å². The highest BCUT2D eigenvalue weighted by atomic mass is 14.7. The molecular formula is C12H17N. The van der Waals surface area contributed by atoms with Crippen molar-refractivity contribution in [3.63, 3.8) is 0 Å². The molecule has 0 bridgehead atoms. The molecule has 1 heterocycles. The van der Waals surface area contributed by atoms with Crippen molar-refractivity contribution in [1.29, 1.82) is 0 Å². The van der Waals surface area contributed by atoms with E-state index < -0.39 is 0 Å². The summed E-state index contributed by atoms with van der Waals surface area (Å²) in [6.07, 6.45) is 6.18. The number of aryl methyl sites for hydroxylation is 1. The highest BCUT2D eigenvalue weighted by Crippen LogP contribution is 2.37. The Labute approximate surface area is 80.2 Å². The van der Waals surface area contributed by atoms with Crippen LogP contribution in [0.25, 0.3) is 0 Å². The molecule has 0 radical (unpaired) electrons. The second-order valence-electron chi connectivity index (χ2n) is 4.34. The van der Waals surface area contributed by atoms with Crippen LogP contribution in [0.2, 0.25) is 0 Å².